The lowest BCUT2D eigenvalue weighted by Gasteiger charge is -2.11. The Kier molecular flexibility index (Phi) is 5.02. The Bertz CT molecular complexity index is 983. The van der Waals surface area contributed by atoms with Gasteiger partial charge in [-0.05, 0) is 37.1 Å². The van der Waals surface area contributed by atoms with Gasteiger partial charge in [-0.1, -0.05) is 12.1 Å². The molecule has 0 unspecified atom stereocenters. The number of esters is 1. The Hall–Kier alpha value is -3.10. The Morgan fingerprint density at radius 2 is 2.04 bits per heavy atom. The van der Waals surface area contributed by atoms with Gasteiger partial charge in [0.2, 0.25) is 0 Å². The minimum Gasteiger partial charge on any atom is -0.462 e. The molecule has 3 rings (SSSR count). The van der Waals surface area contributed by atoms with E-state index in [9.17, 15) is 18.0 Å². The van der Waals surface area contributed by atoms with E-state index in [1.807, 2.05) is 0 Å². The molecule has 0 spiro atoms. The zero-order valence-corrected chi connectivity index (χ0v) is 14.6. The van der Waals surface area contributed by atoms with Crippen molar-refractivity contribution >= 4 is 11.6 Å². The average molecular weight is 379 g/mol. The van der Waals surface area contributed by atoms with Crippen molar-refractivity contribution in [2.45, 2.75) is 26.6 Å². The molecule has 0 saturated carbocycles. The van der Waals surface area contributed by atoms with Crippen LogP contribution in [0.4, 0.5) is 13.2 Å². The van der Waals surface area contributed by atoms with Crippen LogP contribution in [0.25, 0.3) is 5.65 Å². The Morgan fingerprint density at radius 1 is 1.26 bits per heavy atom. The Balaban J connectivity index is 1.89. The molecular weight excluding hydrogens is 363 g/mol. The fourth-order valence-corrected chi connectivity index (χ4v) is 2.68. The van der Waals surface area contributed by atoms with Crippen molar-refractivity contribution in [1.82, 2.24) is 14.6 Å². The van der Waals surface area contributed by atoms with Crippen LogP contribution in [0.1, 0.15) is 34.1 Å². The lowest BCUT2D eigenvalue weighted by Crippen LogP contribution is -2.17. The molecule has 0 atom stereocenters. The third-order valence-electron chi connectivity index (χ3n) is 3.89. The lowest BCUT2D eigenvalue weighted by molar-refractivity contribution is -0.274. The first-order valence-electron chi connectivity index (χ1n) is 8.12. The Morgan fingerprint density at radius 3 is 2.74 bits per heavy atom. The summed E-state index contributed by atoms with van der Waals surface area (Å²) in [6, 6.07) is 5.75. The smallest absolute Gasteiger partial charge is 0.462 e. The first kappa shape index (κ1) is 18.7. The van der Waals surface area contributed by atoms with Crippen molar-refractivity contribution in [1.29, 1.82) is 0 Å². The highest BCUT2D eigenvalue weighted by atomic mass is 19.4. The van der Waals surface area contributed by atoms with Crippen molar-refractivity contribution < 1.29 is 27.4 Å². The van der Waals surface area contributed by atoms with Crippen molar-refractivity contribution in [3.05, 3.63) is 59.0 Å². The van der Waals surface area contributed by atoms with E-state index >= 15 is 0 Å². The van der Waals surface area contributed by atoms with E-state index in [4.69, 9.17) is 4.74 Å². The van der Waals surface area contributed by atoms with Crippen molar-refractivity contribution in [3.63, 3.8) is 0 Å². The van der Waals surface area contributed by atoms with E-state index in [0.717, 1.165) is 11.3 Å². The highest BCUT2D eigenvalue weighted by Crippen LogP contribution is 2.25. The zero-order chi connectivity index (χ0) is 19.6. The second kappa shape index (κ2) is 7.26. The number of carbonyl (C=O) groups excluding carboxylic acids is 1. The predicted octanol–water partition coefficient (Wildman–Crippen LogP) is 3.70. The van der Waals surface area contributed by atoms with Gasteiger partial charge in [0.15, 0.2) is 5.65 Å². The molecule has 2 aromatic heterocycles. The van der Waals surface area contributed by atoms with Crippen LogP contribution in [0.3, 0.4) is 0 Å². The van der Waals surface area contributed by atoms with Gasteiger partial charge in [0.1, 0.15) is 11.3 Å². The number of halogens is 3. The fourth-order valence-electron chi connectivity index (χ4n) is 2.68. The number of ether oxygens (including phenoxy) is 2. The van der Waals surface area contributed by atoms with E-state index in [-0.39, 0.29) is 17.9 Å². The van der Waals surface area contributed by atoms with Gasteiger partial charge in [0.25, 0.3) is 0 Å². The topological polar surface area (TPSA) is 65.7 Å². The van der Waals surface area contributed by atoms with E-state index in [1.165, 1.54) is 28.9 Å². The number of alkyl halides is 3. The highest BCUT2D eigenvalue weighted by Gasteiger charge is 2.31. The molecular formula is C18H16F3N3O3. The molecule has 0 fully saturated rings. The zero-order valence-electron chi connectivity index (χ0n) is 14.6. The average Bonchev–Trinajstić information content (AvgIpc) is 3.01. The van der Waals surface area contributed by atoms with Crippen LogP contribution in [0, 0.1) is 6.92 Å². The first-order chi connectivity index (χ1) is 12.8. The van der Waals surface area contributed by atoms with Gasteiger partial charge in [0.05, 0.1) is 12.8 Å². The highest BCUT2D eigenvalue weighted by molar-refractivity contribution is 5.95. The molecule has 0 aliphatic heterocycles. The standard InChI is InChI=1S/C18H16F3N3O3/c1-3-26-17(25)15-10-23-24-11(2)13(9-22-16(15)24)7-12-5-4-6-14(8-12)27-18(19,20)21/h4-6,8-10H,3,7H2,1-2H3. The van der Waals surface area contributed by atoms with Crippen molar-refractivity contribution in [3.8, 4) is 5.75 Å². The molecule has 27 heavy (non-hydrogen) atoms. The molecule has 142 valence electrons. The van der Waals surface area contributed by atoms with E-state index in [2.05, 4.69) is 14.8 Å². The molecule has 0 saturated heterocycles. The quantitative estimate of drug-likeness (QED) is 0.633. The number of aromatic nitrogens is 3. The fraction of sp³-hybridized carbons (Fsp3) is 0.278. The molecule has 0 aliphatic rings. The molecule has 3 aromatic rings. The van der Waals surface area contributed by atoms with E-state index < -0.39 is 12.3 Å². The molecule has 1 aromatic carbocycles. The molecule has 0 aliphatic carbocycles. The summed E-state index contributed by atoms with van der Waals surface area (Å²) in [5, 5.41) is 4.17. The summed E-state index contributed by atoms with van der Waals surface area (Å²) in [6.45, 7) is 3.74. The maximum absolute atomic E-state index is 12.4. The number of aryl methyl sites for hydroxylation is 1. The van der Waals surface area contributed by atoms with Crippen LogP contribution < -0.4 is 4.74 Å². The minimum atomic E-state index is -4.74. The van der Waals surface area contributed by atoms with Gasteiger partial charge in [0, 0.05) is 18.3 Å². The van der Waals surface area contributed by atoms with Crippen LogP contribution in [-0.4, -0.2) is 33.5 Å². The van der Waals surface area contributed by atoms with Gasteiger partial charge < -0.3 is 9.47 Å². The van der Waals surface area contributed by atoms with Crippen LogP contribution in [0.5, 0.6) is 5.75 Å². The van der Waals surface area contributed by atoms with Crippen LogP contribution >= 0.6 is 0 Å². The van der Waals surface area contributed by atoms with Gasteiger partial charge >= 0.3 is 12.3 Å². The number of hydrogen-bond acceptors (Lipinski definition) is 5. The van der Waals surface area contributed by atoms with Gasteiger partial charge in [-0.25, -0.2) is 14.3 Å². The first-order valence-corrected chi connectivity index (χ1v) is 8.12. The van der Waals surface area contributed by atoms with Gasteiger partial charge in [-0.3, -0.25) is 0 Å². The number of hydrogen-bond donors (Lipinski definition) is 0. The number of nitrogens with zero attached hydrogens (tertiary/aromatic N) is 3. The number of fused-ring (bicyclic) bond motifs is 1. The van der Waals surface area contributed by atoms with Crippen LogP contribution in [0.2, 0.25) is 0 Å². The molecule has 0 bridgehead atoms. The molecule has 0 N–H and O–H groups in total. The van der Waals surface area contributed by atoms with Crippen LogP contribution in [0.15, 0.2) is 36.7 Å². The maximum Gasteiger partial charge on any atom is 0.573 e. The van der Waals surface area contributed by atoms with Crippen molar-refractivity contribution in [2.75, 3.05) is 6.61 Å². The second-order valence-corrected chi connectivity index (χ2v) is 5.75. The normalized spacial score (nSPS) is 11.6. The summed E-state index contributed by atoms with van der Waals surface area (Å²) in [6.07, 6.45) is -1.45. The third-order valence-corrected chi connectivity index (χ3v) is 3.89. The summed E-state index contributed by atoms with van der Waals surface area (Å²) >= 11 is 0. The lowest BCUT2D eigenvalue weighted by atomic mass is 10.1. The third kappa shape index (κ3) is 4.18. The summed E-state index contributed by atoms with van der Waals surface area (Å²) in [7, 11) is 0. The van der Waals surface area contributed by atoms with Gasteiger partial charge in [-0.15, -0.1) is 13.2 Å². The molecule has 2 heterocycles. The van der Waals surface area contributed by atoms with Crippen LogP contribution in [-0.2, 0) is 11.2 Å². The van der Waals surface area contributed by atoms with Crippen molar-refractivity contribution in [2.24, 2.45) is 0 Å². The van der Waals surface area contributed by atoms with E-state index in [0.29, 0.717) is 17.6 Å². The summed E-state index contributed by atoms with van der Waals surface area (Å²) < 4.78 is 47.6. The summed E-state index contributed by atoms with van der Waals surface area (Å²) in [5.74, 6) is -0.792. The Labute approximate surface area is 152 Å². The molecule has 0 amide bonds. The predicted molar refractivity (Wildman–Crippen MR) is 89.6 cm³/mol. The van der Waals surface area contributed by atoms with E-state index in [1.54, 1.807) is 26.1 Å². The monoisotopic (exact) mass is 379 g/mol. The SMILES string of the molecule is CCOC(=O)c1cnn2c(C)c(Cc3cccc(OC(F)(F)F)c3)cnc12. The number of carbonyl (C=O) groups is 1. The minimum absolute atomic E-state index is 0.240. The number of benzene rings is 1. The largest absolute Gasteiger partial charge is 0.573 e. The molecule has 6 nitrogen and oxygen atoms in total. The summed E-state index contributed by atoms with van der Waals surface area (Å²) in [4.78, 5) is 16.2. The van der Waals surface area contributed by atoms with Gasteiger partial charge in [-0.2, -0.15) is 5.10 Å². The molecule has 9 heteroatoms. The number of rotatable bonds is 5. The second-order valence-electron chi connectivity index (χ2n) is 5.75. The maximum atomic E-state index is 12.4. The molecule has 0 radical (unpaired) electrons. The summed E-state index contributed by atoms with van der Waals surface area (Å²) in [5.41, 5.74) is 2.72.